The average molecular weight is 294 g/mol. The third-order valence-corrected chi connectivity index (χ3v) is 4.33. The highest BCUT2D eigenvalue weighted by Gasteiger charge is 2.17. The van der Waals surface area contributed by atoms with E-state index in [9.17, 15) is 12.8 Å². The van der Waals surface area contributed by atoms with Crippen LogP contribution in [0.4, 0.5) is 10.1 Å². The number of nitrogens with one attached hydrogen (secondary N) is 1. The Morgan fingerprint density at radius 3 is 2.50 bits per heavy atom. The molecule has 0 atom stereocenters. The van der Waals surface area contributed by atoms with Gasteiger partial charge in [-0.25, -0.2) is 17.5 Å². The van der Waals surface area contributed by atoms with Gasteiger partial charge in [0.15, 0.2) is 0 Å². The van der Waals surface area contributed by atoms with Gasteiger partial charge in [-0.1, -0.05) is 30.3 Å². The van der Waals surface area contributed by atoms with E-state index in [1.807, 2.05) is 30.3 Å². The summed E-state index contributed by atoms with van der Waals surface area (Å²) in [5, 5.41) is 0. The van der Waals surface area contributed by atoms with Crippen molar-refractivity contribution >= 4 is 15.7 Å². The fraction of sp³-hybridized carbons (Fsp3) is 0.143. The van der Waals surface area contributed by atoms with Crippen LogP contribution in [0.25, 0.3) is 0 Å². The van der Waals surface area contributed by atoms with Gasteiger partial charge in [-0.15, -0.1) is 0 Å². The number of nitrogen functional groups attached to an aromatic ring is 1. The fourth-order valence-electron chi connectivity index (χ4n) is 1.79. The summed E-state index contributed by atoms with van der Waals surface area (Å²) in [6.07, 6.45) is 0.551. The van der Waals surface area contributed by atoms with Gasteiger partial charge < -0.3 is 5.73 Å². The third kappa shape index (κ3) is 3.55. The Hall–Kier alpha value is -1.92. The molecule has 0 bridgehead atoms. The average Bonchev–Trinajstić information content (AvgIpc) is 2.42. The number of rotatable bonds is 5. The second-order valence-corrected chi connectivity index (χ2v) is 6.05. The van der Waals surface area contributed by atoms with Crippen molar-refractivity contribution in [1.29, 1.82) is 0 Å². The molecule has 0 aromatic heterocycles. The Labute approximate surface area is 117 Å². The molecule has 0 saturated heterocycles. The summed E-state index contributed by atoms with van der Waals surface area (Å²) in [5.74, 6) is -0.636. The number of nitrogens with two attached hydrogens (primary N) is 1. The smallest absolute Gasteiger partial charge is 0.242 e. The summed E-state index contributed by atoms with van der Waals surface area (Å²) in [7, 11) is -3.80. The van der Waals surface area contributed by atoms with E-state index in [1.54, 1.807) is 0 Å². The van der Waals surface area contributed by atoms with E-state index >= 15 is 0 Å². The molecular formula is C14H15FN2O2S. The normalized spacial score (nSPS) is 11.4. The van der Waals surface area contributed by atoms with E-state index in [2.05, 4.69) is 4.72 Å². The maximum Gasteiger partial charge on any atom is 0.242 e. The van der Waals surface area contributed by atoms with Crippen molar-refractivity contribution in [3.8, 4) is 0 Å². The molecule has 0 saturated carbocycles. The molecule has 106 valence electrons. The maximum absolute atomic E-state index is 13.1. The molecule has 4 nitrogen and oxygen atoms in total. The maximum atomic E-state index is 13.1. The Kier molecular flexibility index (Phi) is 4.36. The van der Waals surface area contributed by atoms with Crippen LogP contribution in [-0.2, 0) is 16.4 Å². The van der Waals surface area contributed by atoms with Gasteiger partial charge in [0.2, 0.25) is 10.0 Å². The zero-order valence-corrected chi connectivity index (χ0v) is 11.5. The SMILES string of the molecule is Nc1ccc(F)cc1S(=O)(=O)NCCc1ccccc1. The van der Waals surface area contributed by atoms with Gasteiger partial charge in [-0.2, -0.15) is 0 Å². The van der Waals surface area contributed by atoms with E-state index in [0.29, 0.717) is 6.42 Å². The van der Waals surface area contributed by atoms with Crippen LogP contribution in [0.15, 0.2) is 53.4 Å². The molecule has 0 aliphatic heterocycles. The van der Waals surface area contributed by atoms with Gasteiger partial charge in [0.05, 0.1) is 5.69 Å². The third-order valence-electron chi connectivity index (χ3n) is 2.81. The van der Waals surface area contributed by atoms with Crippen molar-refractivity contribution in [3.63, 3.8) is 0 Å². The monoisotopic (exact) mass is 294 g/mol. The number of hydrogen-bond acceptors (Lipinski definition) is 3. The quantitative estimate of drug-likeness (QED) is 0.828. The van der Waals surface area contributed by atoms with Gasteiger partial charge >= 0.3 is 0 Å². The van der Waals surface area contributed by atoms with E-state index in [1.165, 1.54) is 6.07 Å². The van der Waals surface area contributed by atoms with Crippen LogP contribution < -0.4 is 10.5 Å². The van der Waals surface area contributed by atoms with Crippen LogP contribution in [0.5, 0.6) is 0 Å². The van der Waals surface area contributed by atoms with Crippen molar-refractivity contribution in [1.82, 2.24) is 4.72 Å². The van der Waals surface area contributed by atoms with E-state index in [0.717, 1.165) is 17.7 Å². The number of anilines is 1. The van der Waals surface area contributed by atoms with Crippen molar-refractivity contribution in [3.05, 3.63) is 59.9 Å². The Balaban J connectivity index is 2.06. The summed E-state index contributed by atoms with van der Waals surface area (Å²) in [4.78, 5) is -0.231. The molecule has 2 aromatic rings. The first-order valence-electron chi connectivity index (χ1n) is 6.08. The molecule has 20 heavy (non-hydrogen) atoms. The van der Waals surface area contributed by atoms with E-state index < -0.39 is 15.8 Å². The lowest BCUT2D eigenvalue weighted by Gasteiger charge is -2.09. The molecule has 2 rings (SSSR count). The lowest BCUT2D eigenvalue weighted by Crippen LogP contribution is -2.26. The Morgan fingerprint density at radius 1 is 1.10 bits per heavy atom. The van der Waals surface area contributed by atoms with Crippen LogP contribution in [-0.4, -0.2) is 15.0 Å². The minimum Gasteiger partial charge on any atom is -0.398 e. The zero-order chi connectivity index (χ0) is 14.6. The summed E-state index contributed by atoms with van der Waals surface area (Å²) >= 11 is 0. The van der Waals surface area contributed by atoms with Crippen molar-refractivity contribution in [2.24, 2.45) is 0 Å². The van der Waals surface area contributed by atoms with Gasteiger partial charge in [0.25, 0.3) is 0 Å². The molecule has 0 aliphatic carbocycles. The summed E-state index contributed by atoms with van der Waals surface area (Å²) in [6.45, 7) is 0.225. The van der Waals surface area contributed by atoms with Crippen molar-refractivity contribution in [2.45, 2.75) is 11.3 Å². The first kappa shape index (κ1) is 14.5. The standard InChI is InChI=1S/C14H15FN2O2S/c15-12-6-7-13(16)14(10-12)20(18,19)17-9-8-11-4-2-1-3-5-11/h1-7,10,17H,8-9,16H2. The second-order valence-electron chi connectivity index (χ2n) is 4.32. The fourth-order valence-corrected chi connectivity index (χ4v) is 2.97. The van der Waals surface area contributed by atoms with Crippen LogP contribution >= 0.6 is 0 Å². The molecule has 3 N–H and O–H groups in total. The topological polar surface area (TPSA) is 72.2 Å². The number of benzene rings is 2. The molecule has 6 heteroatoms. The molecule has 0 spiro atoms. The summed E-state index contributed by atoms with van der Waals surface area (Å²) in [5.41, 5.74) is 6.62. The highest BCUT2D eigenvalue weighted by Crippen LogP contribution is 2.18. The first-order valence-corrected chi connectivity index (χ1v) is 7.56. The molecule has 0 fully saturated rings. The van der Waals surface area contributed by atoms with Crippen LogP contribution in [0.3, 0.4) is 0 Å². The molecule has 2 aromatic carbocycles. The lowest BCUT2D eigenvalue weighted by atomic mass is 10.2. The number of halogens is 1. The van der Waals surface area contributed by atoms with Gasteiger partial charge in [0, 0.05) is 6.54 Å². The number of hydrogen-bond donors (Lipinski definition) is 2. The molecule has 0 heterocycles. The van der Waals surface area contributed by atoms with Crippen molar-refractivity contribution in [2.75, 3.05) is 12.3 Å². The molecule has 0 unspecified atom stereocenters. The predicted octanol–water partition coefficient (Wildman–Crippen LogP) is 1.93. The lowest BCUT2D eigenvalue weighted by molar-refractivity contribution is 0.578. The minimum atomic E-state index is -3.80. The van der Waals surface area contributed by atoms with Gasteiger partial charge in [-0.3, -0.25) is 0 Å². The van der Waals surface area contributed by atoms with Crippen LogP contribution in [0, 0.1) is 5.82 Å². The molecular weight excluding hydrogens is 279 g/mol. The van der Waals surface area contributed by atoms with Crippen molar-refractivity contribution < 1.29 is 12.8 Å². The molecule has 0 aliphatic rings. The van der Waals surface area contributed by atoms with Gasteiger partial charge in [-0.05, 0) is 30.2 Å². The highest BCUT2D eigenvalue weighted by molar-refractivity contribution is 7.89. The van der Waals surface area contributed by atoms with E-state index in [4.69, 9.17) is 5.73 Å². The summed E-state index contributed by atoms with van der Waals surface area (Å²) < 4.78 is 39.6. The zero-order valence-electron chi connectivity index (χ0n) is 10.7. The minimum absolute atomic E-state index is 0.0265. The first-order chi connectivity index (χ1) is 9.49. The Morgan fingerprint density at radius 2 is 1.80 bits per heavy atom. The Bertz CT molecular complexity index is 688. The van der Waals surface area contributed by atoms with Crippen LogP contribution in [0.1, 0.15) is 5.56 Å². The largest absolute Gasteiger partial charge is 0.398 e. The number of sulfonamides is 1. The molecule has 0 amide bonds. The predicted molar refractivity (Wildman–Crippen MR) is 76.1 cm³/mol. The van der Waals surface area contributed by atoms with E-state index in [-0.39, 0.29) is 17.1 Å². The van der Waals surface area contributed by atoms with Crippen LogP contribution in [0.2, 0.25) is 0 Å². The van der Waals surface area contributed by atoms with Gasteiger partial charge in [0.1, 0.15) is 10.7 Å². The highest BCUT2D eigenvalue weighted by atomic mass is 32.2. The summed E-state index contributed by atoms with van der Waals surface area (Å²) in [6, 6.07) is 12.7. The second kappa shape index (κ2) is 6.02. The molecule has 0 radical (unpaired) electrons.